The van der Waals surface area contributed by atoms with Crippen molar-refractivity contribution in [1.29, 1.82) is 0 Å². The zero-order valence-electron chi connectivity index (χ0n) is 16.2. The number of benzene rings is 2. The van der Waals surface area contributed by atoms with Crippen LogP contribution in [0.4, 0.5) is 0 Å². The lowest BCUT2D eigenvalue weighted by molar-refractivity contribution is -0.121. The van der Waals surface area contributed by atoms with Gasteiger partial charge in [0.15, 0.2) is 0 Å². The van der Waals surface area contributed by atoms with Gasteiger partial charge in [0.25, 0.3) is 5.56 Å². The molecule has 29 heavy (non-hydrogen) atoms. The Morgan fingerprint density at radius 1 is 1.10 bits per heavy atom. The smallest absolute Gasteiger partial charge is 0.261 e. The minimum atomic E-state index is -0.127. The fourth-order valence-corrected chi connectivity index (χ4v) is 3.39. The Labute approximate surface area is 167 Å². The summed E-state index contributed by atoms with van der Waals surface area (Å²) in [6.45, 7) is 1.48. The molecule has 0 atom stereocenters. The van der Waals surface area contributed by atoms with E-state index >= 15 is 0 Å². The normalized spacial score (nSPS) is 11.1. The molecule has 0 saturated heterocycles. The molecule has 2 aromatic carbocycles. The van der Waals surface area contributed by atoms with Crippen LogP contribution < -0.4 is 15.6 Å². The quantitative estimate of drug-likeness (QED) is 0.526. The highest BCUT2D eigenvalue weighted by Gasteiger charge is 2.07. The predicted molar refractivity (Wildman–Crippen MR) is 112 cm³/mol. The summed E-state index contributed by atoms with van der Waals surface area (Å²) >= 11 is 0. The number of nitrogens with zero attached hydrogens (tertiary/aromatic N) is 3. The minimum Gasteiger partial charge on any atom is -0.497 e. The molecule has 4 rings (SSSR count). The lowest BCUT2D eigenvalue weighted by Crippen LogP contribution is -2.29. The molecule has 0 unspecified atom stereocenters. The molecule has 2 aromatic heterocycles. The van der Waals surface area contributed by atoms with Crippen molar-refractivity contribution in [3.63, 3.8) is 0 Å². The van der Waals surface area contributed by atoms with Gasteiger partial charge in [0, 0.05) is 43.2 Å². The molecule has 2 heterocycles. The number of aryl methyl sites for hydroxylation is 1. The van der Waals surface area contributed by atoms with Crippen molar-refractivity contribution in [2.24, 2.45) is 0 Å². The summed E-state index contributed by atoms with van der Waals surface area (Å²) < 4.78 is 8.82. The summed E-state index contributed by atoms with van der Waals surface area (Å²) in [6, 6.07) is 15.1. The summed E-state index contributed by atoms with van der Waals surface area (Å²) in [7, 11) is 1.65. The number of nitrogens with one attached hydrogen (secondary N) is 1. The van der Waals surface area contributed by atoms with Gasteiger partial charge in [0.1, 0.15) is 5.75 Å². The van der Waals surface area contributed by atoms with E-state index < -0.39 is 0 Å². The number of aromatic nitrogens is 3. The number of fused-ring (bicyclic) bond motifs is 2. The van der Waals surface area contributed by atoms with Crippen LogP contribution in [-0.4, -0.2) is 33.7 Å². The first-order valence-electron chi connectivity index (χ1n) is 9.49. The first kappa shape index (κ1) is 18.7. The Kier molecular flexibility index (Phi) is 5.29. The molecule has 0 radical (unpaired) electrons. The SMILES string of the molecule is COc1ccc2c(ccn2CCNC(=O)CCn2cnc3ccccc3c2=O)c1. The molecule has 0 aliphatic heterocycles. The second kappa shape index (κ2) is 8.18. The highest BCUT2D eigenvalue weighted by Crippen LogP contribution is 2.21. The van der Waals surface area contributed by atoms with E-state index in [1.54, 1.807) is 19.2 Å². The topological polar surface area (TPSA) is 78.2 Å². The first-order chi connectivity index (χ1) is 14.2. The van der Waals surface area contributed by atoms with Crippen molar-refractivity contribution in [3.05, 3.63) is 71.4 Å². The number of hydrogen-bond donors (Lipinski definition) is 1. The van der Waals surface area contributed by atoms with Crippen LogP contribution in [0.25, 0.3) is 21.8 Å². The monoisotopic (exact) mass is 390 g/mol. The number of carbonyl (C=O) groups is 1. The van der Waals surface area contributed by atoms with Crippen LogP contribution in [0, 0.1) is 0 Å². The van der Waals surface area contributed by atoms with Crippen LogP contribution in [0.3, 0.4) is 0 Å². The number of amides is 1. The molecule has 0 fully saturated rings. The zero-order chi connectivity index (χ0) is 20.2. The van der Waals surface area contributed by atoms with Gasteiger partial charge < -0.3 is 14.6 Å². The molecular formula is C22H22N4O3. The van der Waals surface area contributed by atoms with E-state index in [2.05, 4.69) is 14.9 Å². The largest absolute Gasteiger partial charge is 0.497 e. The van der Waals surface area contributed by atoms with Crippen LogP contribution in [0.5, 0.6) is 5.75 Å². The van der Waals surface area contributed by atoms with Crippen molar-refractivity contribution < 1.29 is 9.53 Å². The van der Waals surface area contributed by atoms with Crippen LogP contribution in [0.1, 0.15) is 6.42 Å². The Hall–Kier alpha value is -3.61. The van der Waals surface area contributed by atoms with E-state index in [0.29, 0.717) is 30.5 Å². The van der Waals surface area contributed by atoms with Gasteiger partial charge in [-0.25, -0.2) is 4.98 Å². The van der Waals surface area contributed by atoms with Crippen molar-refractivity contribution in [2.75, 3.05) is 13.7 Å². The molecule has 1 N–H and O–H groups in total. The molecule has 0 bridgehead atoms. The van der Waals surface area contributed by atoms with Gasteiger partial charge in [0.05, 0.1) is 24.3 Å². The van der Waals surface area contributed by atoms with Gasteiger partial charge in [0.2, 0.25) is 5.91 Å². The lowest BCUT2D eigenvalue weighted by atomic mass is 10.2. The number of para-hydroxylation sites is 1. The van der Waals surface area contributed by atoms with Gasteiger partial charge in [-0.05, 0) is 36.4 Å². The molecule has 1 amide bonds. The van der Waals surface area contributed by atoms with Crippen LogP contribution in [0.15, 0.2) is 65.8 Å². The van der Waals surface area contributed by atoms with Gasteiger partial charge >= 0.3 is 0 Å². The van der Waals surface area contributed by atoms with Gasteiger partial charge in [-0.1, -0.05) is 12.1 Å². The number of methoxy groups -OCH3 is 1. The third-order valence-corrected chi connectivity index (χ3v) is 4.96. The van der Waals surface area contributed by atoms with E-state index in [-0.39, 0.29) is 17.9 Å². The fraction of sp³-hybridized carbons (Fsp3) is 0.227. The molecule has 148 valence electrons. The highest BCUT2D eigenvalue weighted by atomic mass is 16.5. The molecule has 0 aliphatic rings. The Bertz CT molecular complexity index is 1230. The minimum absolute atomic E-state index is 0.0943. The molecular weight excluding hydrogens is 368 g/mol. The molecule has 0 saturated carbocycles. The average Bonchev–Trinajstić information content (AvgIpc) is 3.15. The Morgan fingerprint density at radius 3 is 2.83 bits per heavy atom. The van der Waals surface area contributed by atoms with E-state index in [0.717, 1.165) is 16.7 Å². The zero-order valence-corrected chi connectivity index (χ0v) is 16.2. The maximum absolute atomic E-state index is 12.5. The summed E-state index contributed by atoms with van der Waals surface area (Å²) in [4.78, 5) is 28.9. The van der Waals surface area contributed by atoms with Gasteiger partial charge in [-0.2, -0.15) is 0 Å². The summed E-state index contributed by atoms with van der Waals surface area (Å²) in [5, 5.41) is 4.57. The van der Waals surface area contributed by atoms with Crippen molar-refractivity contribution >= 4 is 27.7 Å². The van der Waals surface area contributed by atoms with Crippen molar-refractivity contribution in [3.8, 4) is 5.75 Å². The third kappa shape index (κ3) is 3.99. The molecule has 4 aromatic rings. The standard InChI is InChI=1S/C22H22N4O3/c1-29-17-6-7-20-16(14-17)8-11-25(20)13-10-23-21(27)9-12-26-15-24-19-5-3-2-4-18(19)22(26)28/h2-8,11,14-15H,9-10,12-13H2,1H3,(H,23,27). The second-order valence-corrected chi connectivity index (χ2v) is 6.79. The number of carbonyl (C=O) groups excluding carboxylic acids is 1. The van der Waals surface area contributed by atoms with Crippen molar-refractivity contribution in [2.45, 2.75) is 19.5 Å². The van der Waals surface area contributed by atoms with E-state index in [1.807, 2.05) is 42.6 Å². The summed E-state index contributed by atoms with van der Waals surface area (Å²) in [5.74, 6) is 0.727. The molecule has 0 aliphatic carbocycles. The van der Waals surface area contributed by atoms with E-state index in [1.165, 1.54) is 10.9 Å². The Balaban J connectivity index is 1.32. The molecule has 0 spiro atoms. The number of ether oxygens (including phenoxy) is 1. The third-order valence-electron chi connectivity index (χ3n) is 4.96. The summed E-state index contributed by atoms with van der Waals surface area (Å²) in [6.07, 6.45) is 3.72. The fourth-order valence-electron chi connectivity index (χ4n) is 3.39. The number of hydrogen-bond acceptors (Lipinski definition) is 4. The van der Waals surface area contributed by atoms with Gasteiger partial charge in [-0.3, -0.25) is 14.2 Å². The van der Waals surface area contributed by atoms with Crippen molar-refractivity contribution in [1.82, 2.24) is 19.4 Å². The van der Waals surface area contributed by atoms with E-state index in [9.17, 15) is 9.59 Å². The van der Waals surface area contributed by atoms with Gasteiger partial charge in [-0.15, -0.1) is 0 Å². The molecule has 7 nitrogen and oxygen atoms in total. The van der Waals surface area contributed by atoms with Crippen LogP contribution in [-0.2, 0) is 17.9 Å². The highest BCUT2D eigenvalue weighted by molar-refractivity contribution is 5.82. The number of rotatable bonds is 7. The predicted octanol–water partition coefficient (Wildman–Crippen LogP) is 2.57. The van der Waals surface area contributed by atoms with Crippen LogP contribution >= 0.6 is 0 Å². The van der Waals surface area contributed by atoms with Crippen LogP contribution in [0.2, 0.25) is 0 Å². The van der Waals surface area contributed by atoms with E-state index in [4.69, 9.17) is 4.74 Å². The second-order valence-electron chi connectivity index (χ2n) is 6.79. The maximum atomic E-state index is 12.5. The Morgan fingerprint density at radius 2 is 1.97 bits per heavy atom. The lowest BCUT2D eigenvalue weighted by Gasteiger charge is -2.09. The maximum Gasteiger partial charge on any atom is 0.261 e. The molecule has 7 heteroatoms. The summed E-state index contributed by atoms with van der Waals surface area (Å²) in [5.41, 5.74) is 1.63. The average molecular weight is 390 g/mol. The first-order valence-corrected chi connectivity index (χ1v) is 9.49.